The molecule has 2 aromatic rings. The summed E-state index contributed by atoms with van der Waals surface area (Å²) in [5.74, 6) is -0.471. The van der Waals surface area contributed by atoms with Crippen LogP contribution < -0.4 is 10.6 Å². The first-order valence-electron chi connectivity index (χ1n) is 7.18. The third kappa shape index (κ3) is 4.14. The number of carbonyl (C=O) groups excluding carboxylic acids is 2. The van der Waals surface area contributed by atoms with Crippen molar-refractivity contribution in [1.82, 2.24) is 10.3 Å². The molecule has 0 aliphatic rings. The molecule has 2 N–H and O–H groups in total. The van der Waals surface area contributed by atoms with Gasteiger partial charge in [0.05, 0.1) is 0 Å². The van der Waals surface area contributed by atoms with Gasteiger partial charge in [0, 0.05) is 17.1 Å². The Bertz CT molecular complexity index is 614. The Morgan fingerprint density at radius 1 is 1.27 bits per heavy atom. The first kappa shape index (κ1) is 16.2. The average Bonchev–Trinajstić information content (AvgIpc) is 3.05. The van der Waals surface area contributed by atoms with E-state index >= 15 is 0 Å². The van der Waals surface area contributed by atoms with Crippen molar-refractivity contribution in [3.05, 3.63) is 47.5 Å². The quantitative estimate of drug-likeness (QED) is 0.860. The molecule has 0 saturated carbocycles. The summed E-state index contributed by atoms with van der Waals surface area (Å²) in [6, 6.07) is 8.29. The summed E-state index contributed by atoms with van der Waals surface area (Å²) in [7, 11) is 0. The van der Waals surface area contributed by atoms with Gasteiger partial charge in [-0.05, 0) is 18.1 Å². The summed E-state index contributed by atoms with van der Waals surface area (Å²) in [5.41, 5.74) is 0.540. The van der Waals surface area contributed by atoms with Crippen LogP contribution in [0.1, 0.15) is 30.6 Å². The lowest BCUT2D eigenvalue weighted by Gasteiger charge is -2.23. The van der Waals surface area contributed by atoms with Crippen molar-refractivity contribution in [2.24, 2.45) is 5.92 Å². The number of anilines is 1. The first-order chi connectivity index (χ1) is 10.6. The number of nitrogens with zero attached hydrogens (tertiary/aromatic N) is 1. The van der Waals surface area contributed by atoms with Gasteiger partial charge in [0.1, 0.15) is 6.04 Å². The van der Waals surface area contributed by atoms with Crippen LogP contribution in [0, 0.1) is 5.92 Å². The van der Waals surface area contributed by atoms with Crippen LogP contribution in [0.2, 0.25) is 0 Å². The molecular formula is C16H19N3O2S. The minimum absolute atomic E-state index is 0.0209. The number of amides is 2. The molecule has 0 fully saturated rings. The van der Waals surface area contributed by atoms with E-state index in [4.69, 9.17) is 0 Å². The molecule has 2 rings (SSSR count). The number of carbonyl (C=O) groups is 2. The molecule has 22 heavy (non-hydrogen) atoms. The van der Waals surface area contributed by atoms with E-state index < -0.39 is 6.04 Å². The van der Waals surface area contributed by atoms with Gasteiger partial charge in [-0.15, -0.1) is 11.3 Å². The molecule has 0 radical (unpaired) electrons. The van der Waals surface area contributed by atoms with E-state index in [0.29, 0.717) is 10.7 Å². The van der Waals surface area contributed by atoms with Crippen LogP contribution in [-0.4, -0.2) is 22.8 Å². The molecule has 0 spiro atoms. The number of thiazole rings is 1. The van der Waals surface area contributed by atoms with Gasteiger partial charge in [0.25, 0.3) is 5.91 Å². The van der Waals surface area contributed by atoms with Crippen molar-refractivity contribution in [3.63, 3.8) is 0 Å². The summed E-state index contributed by atoms with van der Waals surface area (Å²) >= 11 is 1.35. The highest BCUT2D eigenvalue weighted by Gasteiger charge is 2.26. The minimum atomic E-state index is -0.596. The summed E-state index contributed by atoms with van der Waals surface area (Å²) < 4.78 is 0. The minimum Gasteiger partial charge on any atom is -0.340 e. The maximum absolute atomic E-state index is 12.4. The molecule has 1 heterocycles. The molecule has 5 nitrogen and oxygen atoms in total. The molecule has 0 unspecified atom stereocenters. The van der Waals surface area contributed by atoms with Crippen molar-refractivity contribution < 1.29 is 9.59 Å². The number of hydrogen-bond donors (Lipinski definition) is 2. The Morgan fingerprint density at radius 3 is 2.59 bits per heavy atom. The standard InChI is InChI=1S/C16H19N3O2S/c1-3-11(2)13(15(21)19-16-17-9-10-22-16)18-14(20)12-7-5-4-6-8-12/h4-11,13H,3H2,1-2H3,(H,18,20)(H,17,19,21)/t11-,13+/m0/s1. The van der Waals surface area contributed by atoms with Crippen LogP contribution in [0.5, 0.6) is 0 Å². The van der Waals surface area contributed by atoms with Crippen LogP contribution in [-0.2, 0) is 4.79 Å². The fraction of sp³-hybridized carbons (Fsp3) is 0.312. The molecular weight excluding hydrogens is 298 g/mol. The lowest BCUT2D eigenvalue weighted by Crippen LogP contribution is -2.47. The van der Waals surface area contributed by atoms with Gasteiger partial charge in [-0.1, -0.05) is 38.5 Å². The van der Waals surface area contributed by atoms with Gasteiger partial charge in [0.2, 0.25) is 5.91 Å². The summed E-state index contributed by atoms with van der Waals surface area (Å²) in [4.78, 5) is 28.7. The van der Waals surface area contributed by atoms with Crippen LogP contribution in [0.3, 0.4) is 0 Å². The predicted octanol–water partition coefficient (Wildman–Crippen LogP) is 2.93. The van der Waals surface area contributed by atoms with Crippen molar-refractivity contribution >= 4 is 28.3 Å². The van der Waals surface area contributed by atoms with E-state index in [2.05, 4.69) is 15.6 Å². The SMILES string of the molecule is CC[C@H](C)[C@@H](NC(=O)c1ccccc1)C(=O)Nc1nccs1. The van der Waals surface area contributed by atoms with E-state index in [1.165, 1.54) is 11.3 Å². The molecule has 6 heteroatoms. The average molecular weight is 317 g/mol. The molecule has 0 saturated heterocycles. The van der Waals surface area contributed by atoms with Crippen molar-refractivity contribution in [1.29, 1.82) is 0 Å². The molecule has 116 valence electrons. The van der Waals surface area contributed by atoms with Gasteiger partial charge in [-0.3, -0.25) is 9.59 Å². The van der Waals surface area contributed by atoms with Gasteiger partial charge >= 0.3 is 0 Å². The number of benzene rings is 1. The molecule has 0 aliphatic carbocycles. The second kappa shape index (κ2) is 7.70. The highest BCUT2D eigenvalue weighted by Crippen LogP contribution is 2.15. The molecule has 0 aliphatic heterocycles. The summed E-state index contributed by atoms with van der Waals surface area (Å²) in [6.45, 7) is 3.93. The number of nitrogens with one attached hydrogen (secondary N) is 2. The molecule has 2 amide bonds. The molecule has 1 aromatic heterocycles. The lowest BCUT2D eigenvalue weighted by atomic mass is 9.98. The summed E-state index contributed by atoms with van der Waals surface area (Å²) in [6.07, 6.45) is 2.41. The Morgan fingerprint density at radius 2 is 2.00 bits per heavy atom. The molecule has 1 aromatic carbocycles. The van der Waals surface area contributed by atoms with Gasteiger partial charge in [-0.25, -0.2) is 4.98 Å². The van der Waals surface area contributed by atoms with Crippen LogP contribution in [0.25, 0.3) is 0 Å². The second-order valence-corrected chi connectivity index (χ2v) is 5.92. The van der Waals surface area contributed by atoms with E-state index in [9.17, 15) is 9.59 Å². The van der Waals surface area contributed by atoms with E-state index in [-0.39, 0.29) is 17.7 Å². The van der Waals surface area contributed by atoms with E-state index in [0.717, 1.165) is 6.42 Å². The van der Waals surface area contributed by atoms with Crippen molar-refractivity contribution in [2.75, 3.05) is 5.32 Å². The van der Waals surface area contributed by atoms with E-state index in [1.807, 2.05) is 19.9 Å². The topological polar surface area (TPSA) is 71.1 Å². The van der Waals surface area contributed by atoms with Crippen molar-refractivity contribution in [2.45, 2.75) is 26.3 Å². The zero-order chi connectivity index (χ0) is 15.9. The second-order valence-electron chi connectivity index (χ2n) is 5.03. The number of aromatic nitrogens is 1. The van der Waals surface area contributed by atoms with Crippen LogP contribution in [0.15, 0.2) is 41.9 Å². The third-order valence-electron chi connectivity index (χ3n) is 3.48. The number of rotatable bonds is 6. The molecule has 0 bridgehead atoms. The number of hydrogen-bond acceptors (Lipinski definition) is 4. The Hall–Kier alpha value is -2.21. The normalized spacial score (nSPS) is 13.2. The lowest BCUT2D eigenvalue weighted by molar-refractivity contribution is -0.119. The van der Waals surface area contributed by atoms with Crippen LogP contribution >= 0.6 is 11.3 Å². The molecule has 2 atom stereocenters. The third-order valence-corrected chi connectivity index (χ3v) is 4.17. The monoisotopic (exact) mass is 317 g/mol. The van der Waals surface area contributed by atoms with Crippen molar-refractivity contribution in [3.8, 4) is 0 Å². The predicted molar refractivity (Wildman–Crippen MR) is 87.9 cm³/mol. The van der Waals surface area contributed by atoms with Gasteiger partial charge in [0.15, 0.2) is 5.13 Å². The van der Waals surface area contributed by atoms with Gasteiger partial charge in [-0.2, -0.15) is 0 Å². The smallest absolute Gasteiger partial charge is 0.251 e. The summed E-state index contributed by atoms with van der Waals surface area (Å²) in [5, 5.41) is 7.89. The van der Waals surface area contributed by atoms with Crippen LogP contribution in [0.4, 0.5) is 5.13 Å². The fourth-order valence-electron chi connectivity index (χ4n) is 1.98. The highest BCUT2D eigenvalue weighted by atomic mass is 32.1. The fourth-order valence-corrected chi connectivity index (χ4v) is 2.52. The first-order valence-corrected chi connectivity index (χ1v) is 8.06. The van der Waals surface area contributed by atoms with Gasteiger partial charge < -0.3 is 10.6 Å². The maximum atomic E-state index is 12.4. The Labute approximate surface area is 133 Å². The zero-order valence-electron chi connectivity index (χ0n) is 12.6. The maximum Gasteiger partial charge on any atom is 0.251 e. The Kier molecular flexibility index (Phi) is 5.66. The largest absolute Gasteiger partial charge is 0.340 e. The zero-order valence-corrected chi connectivity index (χ0v) is 13.4. The highest BCUT2D eigenvalue weighted by molar-refractivity contribution is 7.13. The van der Waals surface area contributed by atoms with E-state index in [1.54, 1.807) is 35.8 Å². The Balaban J connectivity index is 2.09.